The number of halogens is 1. The van der Waals surface area contributed by atoms with Gasteiger partial charge >= 0.3 is 0 Å². The molecule has 116 valence electrons. The van der Waals surface area contributed by atoms with Crippen LogP contribution in [0.25, 0.3) is 10.9 Å². The van der Waals surface area contributed by atoms with Gasteiger partial charge in [0, 0.05) is 30.1 Å². The number of piperazine rings is 1. The Balaban J connectivity index is 1.89. The van der Waals surface area contributed by atoms with Crippen molar-refractivity contribution in [3.05, 3.63) is 39.4 Å². The number of benzene rings is 1. The normalized spacial score (nSPS) is 18.6. The number of hydrogen-bond donors (Lipinski definition) is 1. The zero-order valence-corrected chi connectivity index (χ0v) is 13.8. The van der Waals surface area contributed by atoms with Gasteiger partial charge in [0.2, 0.25) is 5.91 Å². The molecule has 1 aliphatic heterocycles. The minimum Gasteiger partial charge on any atom is -0.336 e. The maximum atomic E-state index is 12.5. The number of fused-ring (bicyclic) bond motifs is 1. The molecule has 2 aromatic rings. The molecule has 1 amide bonds. The highest BCUT2D eigenvalue weighted by molar-refractivity contribution is 9.10. The number of nitrogens with zero attached hydrogens (tertiary/aromatic N) is 3. The van der Waals surface area contributed by atoms with Crippen LogP contribution in [0.4, 0.5) is 0 Å². The fraction of sp³-hybridized carbons (Fsp3) is 0.400. The van der Waals surface area contributed by atoms with Gasteiger partial charge in [-0.25, -0.2) is 4.98 Å². The lowest BCUT2D eigenvalue weighted by Gasteiger charge is -2.34. The third-order valence-corrected chi connectivity index (χ3v) is 4.41. The van der Waals surface area contributed by atoms with Gasteiger partial charge in [0.1, 0.15) is 6.54 Å². The van der Waals surface area contributed by atoms with Gasteiger partial charge < -0.3 is 10.2 Å². The molecule has 1 aromatic carbocycles. The lowest BCUT2D eigenvalue weighted by atomic mass is 10.2. The van der Waals surface area contributed by atoms with Crippen LogP contribution >= 0.6 is 15.9 Å². The first-order valence-electron chi connectivity index (χ1n) is 7.21. The molecular weight excluding hydrogens is 348 g/mol. The Morgan fingerprint density at radius 2 is 2.32 bits per heavy atom. The highest BCUT2D eigenvalue weighted by Crippen LogP contribution is 2.15. The van der Waals surface area contributed by atoms with Crippen LogP contribution in [0.2, 0.25) is 0 Å². The molecule has 2 heterocycles. The molecule has 0 aliphatic carbocycles. The van der Waals surface area contributed by atoms with Crippen molar-refractivity contribution in [3.63, 3.8) is 0 Å². The Kier molecular flexibility index (Phi) is 4.26. The second-order valence-corrected chi connectivity index (χ2v) is 6.40. The van der Waals surface area contributed by atoms with Gasteiger partial charge in [0.15, 0.2) is 0 Å². The largest absolute Gasteiger partial charge is 0.336 e. The molecule has 6 nitrogen and oxygen atoms in total. The SMILES string of the molecule is C[C@@H]1CNCCN1C(=O)Cn1cnc2ccc(Br)cc2c1=O. The summed E-state index contributed by atoms with van der Waals surface area (Å²) in [6.45, 7) is 4.26. The molecule has 1 atom stereocenters. The molecular formula is C15H17BrN4O2. The summed E-state index contributed by atoms with van der Waals surface area (Å²) >= 11 is 3.35. The number of hydrogen-bond acceptors (Lipinski definition) is 4. The van der Waals surface area contributed by atoms with E-state index in [0.29, 0.717) is 17.4 Å². The summed E-state index contributed by atoms with van der Waals surface area (Å²) < 4.78 is 2.20. The minimum atomic E-state index is -0.192. The summed E-state index contributed by atoms with van der Waals surface area (Å²) in [6.07, 6.45) is 1.45. The monoisotopic (exact) mass is 364 g/mol. The molecule has 1 aromatic heterocycles. The van der Waals surface area contributed by atoms with Crippen LogP contribution in [-0.4, -0.2) is 46.0 Å². The fourth-order valence-corrected chi connectivity index (χ4v) is 3.05. The van der Waals surface area contributed by atoms with Gasteiger partial charge in [-0.1, -0.05) is 15.9 Å². The van der Waals surface area contributed by atoms with E-state index < -0.39 is 0 Å². The smallest absolute Gasteiger partial charge is 0.261 e. The van der Waals surface area contributed by atoms with Crippen LogP contribution in [0.15, 0.2) is 33.8 Å². The van der Waals surface area contributed by atoms with E-state index in [1.54, 1.807) is 12.1 Å². The lowest BCUT2D eigenvalue weighted by Crippen LogP contribution is -2.53. The molecule has 0 spiro atoms. The molecule has 0 saturated carbocycles. The standard InChI is InChI=1S/C15H17BrN4O2/c1-10-7-17-4-5-20(10)14(21)8-19-9-18-13-3-2-11(16)6-12(13)15(19)22/h2-3,6,9-10,17H,4-5,7-8H2,1H3/t10-/m1/s1. The van der Waals surface area contributed by atoms with Crippen molar-refractivity contribution >= 4 is 32.7 Å². The second kappa shape index (κ2) is 6.18. The summed E-state index contributed by atoms with van der Waals surface area (Å²) in [6, 6.07) is 5.50. The molecule has 7 heteroatoms. The number of carbonyl (C=O) groups is 1. The van der Waals surface area contributed by atoms with Crippen molar-refractivity contribution in [3.8, 4) is 0 Å². The van der Waals surface area contributed by atoms with Gasteiger partial charge in [0.25, 0.3) is 5.56 Å². The summed E-state index contributed by atoms with van der Waals surface area (Å²) in [5, 5.41) is 3.76. The summed E-state index contributed by atoms with van der Waals surface area (Å²) in [4.78, 5) is 31.0. The third-order valence-electron chi connectivity index (χ3n) is 3.91. The van der Waals surface area contributed by atoms with Gasteiger partial charge in [-0.15, -0.1) is 0 Å². The van der Waals surface area contributed by atoms with Crippen LogP contribution in [-0.2, 0) is 11.3 Å². The van der Waals surface area contributed by atoms with E-state index in [-0.39, 0.29) is 24.1 Å². The number of carbonyl (C=O) groups excluding carboxylic acids is 1. The lowest BCUT2D eigenvalue weighted by molar-refractivity contribution is -0.134. The van der Waals surface area contributed by atoms with E-state index >= 15 is 0 Å². The van der Waals surface area contributed by atoms with Gasteiger partial charge in [0.05, 0.1) is 17.2 Å². The van der Waals surface area contributed by atoms with E-state index in [0.717, 1.165) is 17.6 Å². The Morgan fingerprint density at radius 3 is 3.09 bits per heavy atom. The predicted octanol–water partition coefficient (Wildman–Crippen LogP) is 0.979. The Labute approximate surface area is 136 Å². The maximum absolute atomic E-state index is 12.5. The zero-order valence-electron chi connectivity index (χ0n) is 12.3. The molecule has 1 fully saturated rings. The Morgan fingerprint density at radius 1 is 1.50 bits per heavy atom. The molecule has 3 rings (SSSR count). The van der Waals surface area contributed by atoms with Crippen molar-refractivity contribution in [2.24, 2.45) is 0 Å². The van der Waals surface area contributed by atoms with Crippen molar-refractivity contribution in [2.75, 3.05) is 19.6 Å². The fourth-order valence-electron chi connectivity index (χ4n) is 2.69. The van der Waals surface area contributed by atoms with Crippen LogP contribution in [0.3, 0.4) is 0 Å². The summed E-state index contributed by atoms with van der Waals surface area (Å²) in [5.74, 6) is -0.0488. The average Bonchev–Trinajstić information content (AvgIpc) is 2.51. The van der Waals surface area contributed by atoms with Crippen LogP contribution in [0.5, 0.6) is 0 Å². The average molecular weight is 365 g/mol. The van der Waals surface area contributed by atoms with Crippen LogP contribution < -0.4 is 10.9 Å². The third kappa shape index (κ3) is 2.91. The first kappa shape index (κ1) is 15.2. The van der Waals surface area contributed by atoms with E-state index in [4.69, 9.17) is 0 Å². The van der Waals surface area contributed by atoms with Gasteiger partial charge in [-0.05, 0) is 25.1 Å². The molecule has 1 aliphatic rings. The molecule has 0 unspecified atom stereocenters. The first-order valence-corrected chi connectivity index (χ1v) is 8.00. The second-order valence-electron chi connectivity index (χ2n) is 5.48. The van der Waals surface area contributed by atoms with Gasteiger partial charge in [-0.3, -0.25) is 14.2 Å². The highest BCUT2D eigenvalue weighted by atomic mass is 79.9. The first-order chi connectivity index (χ1) is 10.6. The number of nitrogens with one attached hydrogen (secondary N) is 1. The van der Waals surface area contributed by atoms with Crippen LogP contribution in [0.1, 0.15) is 6.92 Å². The Bertz CT molecular complexity index is 774. The van der Waals surface area contributed by atoms with Crippen molar-refractivity contribution in [1.82, 2.24) is 19.8 Å². The number of rotatable bonds is 2. The minimum absolute atomic E-state index is 0.0264. The summed E-state index contributed by atoms with van der Waals surface area (Å²) in [7, 11) is 0. The van der Waals surface area contributed by atoms with Gasteiger partial charge in [-0.2, -0.15) is 0 Å². The van der Waals surface area contributed by atoms with E-state index in [2.05, 4.69) is 26.2 Å². The van der Waals surface area contributed by atoms with E-state index in [1.807, 2.05) is 17.9 Å². The van der Waals surface area contributed by atoms with Crippen molar-refractivity contribution in [1.29, 1.82) is 0 Å². The molecule has 0 bridgehead atoms. The maximum Gasteiger partial charge on any atom is 0.261 e. The van der Waals surface area contributed by atoms with Crippen LogP contribution in [0, 0.1) is 0 Å². The summed E-state index contributed by atoms with van der Waals surface area (Å²) in [5.41, 5.74) is 0.440. The molecule has 22 heavy (non-hydrogen) atoms. The quantitative estimate of drug-likeness (QED) is 0.862. The highest BCUT2D eigenvalue weighted by Gasteiger charge is 2.23. The number of aromatic nitrogens is 2. The van der Waals surface area contributed by atoms with Crippen molar-refractivity contribution in [2.45, 2.75) is 19.5 Å². The van der Waals surface area contributed by atoms with E-state index in [9.17, 15) is 9.59 Å². The van der Waals surface area contributed by atoms with Crippen molar-refractivity contribution < 1.29 is 4.79 Å². The molecule has 1 N–H and O–H groups in total. The van der Waals surface area contributed by atoms with E-state index in [1.165, 1.54) is 10.9 Å². The topological polar surface area (TPSA) is 67.2 Å². The zero-order chi connectivity index (χ0) is 15.7. The predicted molar refractivity (Wildman–Crippen MR) is 87.7 cm³/mol. The molecule has 0 radical (unpaired) electrons. The number of amides is 1. The molecule has 1 saturated heterocycles. The Hall–Kier alpha value is -1.73.